The van der Waals surface area contributed by atoms with Crippen molar-refractivity contribution in [1.82, 2.24) is 14.8 Å². The number of ether oxygens (including phenoxy) is 2. The van der Waals surface area contributed by atoms with Crippen molar-refractivity contribution < 1.29 is 24.2 Å². The minimum Gasteiger partial charge on any atom is -0.493 e. The third-order valence-corrected chi connectivity index (χ3v) is 7.12. The van der Waals surface area contributed by atoms with Gasteiger partial charge in [-0.3, -0.25) is 4.79 Å². The summed E-state index contributed by atoms with van der Waals surface area (Å²) in [6, 6.07) is 29.0. The maximum Gasteiger partial charge on any atom is 0.512 e. The summed E-state index contributed by atoms with van der Waals surface area (Å²) in [4.78, 5) is 26.8. The van der Waals surface area contributed by atoms with E-state index in [1.54, 1.807) is 18.2 Å². The third-order valence-electron chi connectivity index (χ3n) is 7.12. The molecule has 8 heteroatoms. The van der Waals surface area contributed by atoms with Crippen molar-refractivity contribution in [3.05, 3.63) is 96.6 Å². The number of benzene rings is 4. The minimum absolute atomic E-state index is 0.175. The number of carbonyl (C=O) groups excluding carboxylic acids is 1. The molecule has 4 aromatic carbocycles. The van der Waals surface area contributed by atoms with E-state index >= 15 is 0 Å². The van der Waals surface area contributed by atoms with Crippen molar-refractivity contribution in [2.75, 3.05) is 33.8 Å². The van der Waals surface area contributed by atoms with Gasteiger partial charge in [0.15, 0.2) is 0 Å². The molecule has 0 fully saturated rings. The van der Waals surface area contributed by atoms with Gasteiger partial charge in [-0.15, -0.1) is 0 Å². The van der Waals surface area contributed by atoms with Crippen molar-refractivity contribution in [2.24, 2.45) is 0 Å². The molecule has 216 valence electrons. The summed E-state index contributed by atoms with van der Waals surface area (Å²) in [7, 11) is 3.99. The number of aryl methyl sites for hydroxylation is 1. The lowest BCUT2D eigenvalue weighted by Gasteiger charge is -2.13. The topological polar surface area (TPSA) is 93.0 Å². The Morgan fingerprint density at radius 2 is 1.62 bits per heavy atom. The van der Waals surface area contributed by atoms with Gasteiger partial charge in [-0.05, 0) is 68.7 Å². The lowest BCUT2D eigenvalue weighted by Crippen LogP contribution is -2.27. The Hall–Kier alpha value is -4.82. The van der Waals surface area contributed by atoms with Crippen molar-refractivity contribution in [2.45, 2.75) is 19.4 Å². The number of fused-ring (bicyclic) bond motifs is 2. The Morgan fingerprint density at radius 1 is 0.881 bits per heavy atom. The quantitative estimate of drug-likeness (QED) is 0.130. The molecule has 1 aromatic heterocycles. The molecule has 42 heavy (non-hydrogen) atoms. The van der Waals surface area contributed by atoms with Gasteiger partial charge in [0.1, 0.15) is 5.75 Å². The second-order valence-corrected chi connectivity index (χ2v) is 10.4. The van der Waals surface area contributed by atoms with Crippen LogP contribution >= 0.6 is 0 Å². The highest BCUT2D eigenvalue weighted by Crippen LogP contribution is 2.41. The Labute approximate surface area is 245 Å². The predicted octanol–water partition coefficient (Wildman–Crippen LogP) is 6.67. The Morgan fingerprint density at radius 3 is 2.43 bits per heavy atom. The highest BCUT2D eigenvalue weighted by atomic mass is 16.7. The van der Waals surface area contributed by atoms with Crippen LogP contribution in [-0.4, -0.2) is 60.4 Å². The van der Waals surface area contributed by atoms with E-state index in [4.69, 9.17) is 9.47 Å². The van der Waals surface area contributed by atoms with Crippen molar-refractivity contribution in [1.29, 1.82) is 0 Å². The molecule has 1 heterocycles. The molecular weight excluding hydrogens is 530 g/mol. The van der Waals surface area contributed by atoms with E-state index in [1.165, 1.54) is 0 Å². The lowest BCUT2D eigenvalue weighted by molar-refractivity contribution is 0.0952. The van der Waals surface area contributed by atoms with Gasteiger partial charge in [0.05, 0.1) is 17.7 Å². The van der Waals surface area contributed by atoms with Gasteiger partial charge in [-0.2, -0.15) is 0 Å². The smallest absolute Gasteiger partial charge is 0.493 e. The van der Waals surface area contributed by atoms with Crippen molar-refractivity contribution in [3.8, 4) is 22.8 Å². The molecule has 0 aliphatic heterocycles. The summed E-state index contributed by atoms with van der Waals surface area (Å²) in [5.74, 6) is 0.855. The fourth-order valence-electron chi connectivity index (χ4n) is 5.21. The molecule has 5 rings (SSSR count). The number of hydrogen-bond donors (Lipinski definition) is 2. The van der Waals surface area contributed by atoms with Crippen molar-refractivity contribution in [3.63, 3.8) is 0 Å². The van der Waals surface area contributed by atoms with E-state index in [1.807, 2.05) is 79.3 Å². The third kappa shape index (κ3) is 6.56. The van der Waals surface area contributed by atoms with Gasteiger partial charge in [0.2, 0.25) is 5.88 Å². The van der Waals surface area contributed by atoms with Crippen LogP contribution in [0.25, 0.3) is 32.8 Å². The van der Waals surface area contributed by atoms with Crippen LogP contribution in [0.1, 0.15) is 23.2 Å². The Balaban J connectivity index is 1.41. The molecule has 0 atom stereocenters. The highest BCUT2D eigenvalue weighted by molar-refractivity contribution is 6.02. The van der Waals surface area contributed by atoms with Crippen LogP contribution in [0, 0.1) is 0 Å². The fourth-order valence-corrected chi connectivity index (χ4v) is 5.21. The number of hydrogen-bond acceptors (Lipinski definition) is 5. The number of aromatic nitrogens is 1. The van der Waals surface area contributed by atoms with E-state index in [2.05, 4.69) is 22.3 Å². The lowest BCUT2D eigenvalue weighted by atomic mass is 10.0. The molecule has 5 aromatic rings. The number of carbonyl (C=O) groups is 2. The van der Waals surface area contributed by atoms with Gasteiger partial charge >= 0.3 is 6.16 Å². The molecule has 0 aliphatic carbocycles. The van der Waals surface area contributed by atoms with E-state index in [9.17, 15) is 14.7 Å². The molecule has 0 radical (unpaired) electrons. The number of nitrogens with one attached hydrogen (secondary N) is 1. The molecule has 1 amide bonds. The first-order chi connectivity index (χ1) is 20.4. The summed E-state index contributed by atoms with van der Waals surface area (Å²) >= 11 is 0. The zero-order valence-electron chi connectivity index (χ0n) is 23.9. The Kier molecular flexibility index (Phi) is 9.04. The first kappa shape index (κ1) is 28.7. The molecule has 0 unspecified atom stereocenters. The number of rotatable bonds is 12. The van der Waals surface area contributed by atoms with E-state index < -0.39 is 6.16 Å². The van der Waals surface area contributed by atoms with E-state index in [0.717, 1.165) is 40.4 Å². The van der Waals surface area contributed by atoms with E-state index in [-0.39, 0.29) is 11.8 Å². The van der Waals surface area contributed by atoms with E-state index in [0.29, 0.717) is 42.8 Å². The summed E-state index contributed by atoms with van der Waals surface area (Å²) in [6.07, 6.45) is 0.0569. The van der Waals surface area contributed by atoms with Crippen LogP contribution < -0.4 is 14.8 Å². The largest absolute Gasteiger partial charge is 0.512 e. The maximum atomic E-state index is 12.9. The molecular formula is C34H35N3O5. The molecule has 0 saturated carbocycles. The second kappa shape index (κ2) is 13.2. The zero-order valence-corrected chi connectivity index (χ0v) is 23.9. The standard InChI is InChI=1S/C34H35N3O5/c1-36(2)20-9-19-35-32(38)26-14-7-13-25(23-26)31-28-16-5-6-17-29(28)37(33(31)42-34(39)40)21-10-22-41-30-18-8-12-24-11-3-4-15-27(24)30/h3-8,11-18,23H,9-10,19-22H2,1-2H3,(H,35,38)(H,39,40). The summed E-state index contributed by atoms with van der Waals surface area (Å²) in [5.41, 5.74) is 2.67. The van der Waals surface area contributed by atoms with Crippen LogP contribution in [-0.2, 0) is 6.54 Å². The van der Waals surface area contributed by atoms with Gasteiger partial charge in [0.25, 0.3) is 5.91 Å². The van der Waals surface area contributed by atoms with Gasteiger partial charge < -0.3 is 29.4 Å². The second-order valence-electron chi connectivity index (χ2n) is 10.4. The van der Waals surface area contributed by atoms with Gasteiger partial charge in [-0.1, -0.05) is 66.7 Å². The van der Waals surface area contributed by atoms with Crippen LogP contribution in [0.5, 0.6) is 11.6 Å². The maximum absolute atomic E-state index is 12.9. The first-order valence-corrected chi connectivity index (χ1v) is 14.1. The molecule has 8 nitrogen and oxygen atoms in total. The average Bonchev–Trinajstić information content (AvgIpc) is 3.29. The molecule has 0 saturated heterocycles. The molecule has 0 spiro atoms. The Bertz CT molecular complexity index is 1700. The molecule has 0 aliphatic rings. The minimum atomic E-state index is -1.40. The van der Waals surface area contributed by atoms with Gasteiger partial charge in [0, 0.05) is 29.4 Å². The summed E-state index contributed by atoms with van der Waals surface area (Å²) in [5, 5.41) is 15.6. The number of para-hydroxylation sites is 1. The summed E-state index contributed by atoms with van der Waals surface area (Å²) in [6.45, 7) is 2.35. The number of amides is 1. The summed E-state index contributed by atoms with van der Waals surface area (Å²) < 4.78 is 13.4. The zero-order chi connectivity index (χ0) is 29.5. The molecule has 0 bridgehead atoms. The van der Waals surface area contributed by atoms with Crippen molar-refractivity contribution >= 4 is 33.7 Å². The van der Waals surface area contributed by atoms with Crippen LogP contribution in [0.4, 0.5) is 4.79 Å². The fraction of sp³-hybridized carbons (Fsp3) is 0.235. The van der Waals surface area contributed by atoms with Gasteiger partial charge in [-0.25, -0.2) is 4.79 Å². The first-order valence-electron chi connectivity index (χ1n) is 14.1. The monoisotopic (exact) mass is 565 g/mol. The average molecular weight is 566 g/mol. The molecule has 2 N–H and O–H groups in total. The number of nitrogens with zero attached hydrogens (tertiary/aromatic N) is 2. The normalized spacial score (nSPS) is 11.2. The SMILES string of the molecule is CN(C)CCCNC(=O)c1cccc(-c2c(OC(=O)O)n(CCCOc3cccc4ccccc34)c3ccccc23)c1. The highest BCUT2D eigenvalue weighted by Gasteiger charge is 2.23. The number of carboxylic acid groups (broad SMARTS) is 1. The van der Waals surface area contributed by atoms with Crippen LogP contribution in [0.2, 0.25) is 0 Å². The van der Waals surface area contributed by atoms with Crippen LogP contribution in [0.3, 0.4) is 0 Å². The predicted molar refractivity (Wildman–Crippen MR) is 166 cm³/mol. The van der Waals surface area contributed by atoms with Crippen LogP contribution in [0.15, 0.2) is 91.0 Å².